The van der Waals surface area contributed by atoms with Gasteiger partial charge in [0.05, 0.1) is 9.52 Å². The zero-order valence-corrected chi connectivity index (χ0v) is 21.9. The van der Waals surface area contributed by atoms with E-state index in [2.05, 4.69) is 58.9 Å². The van der Waals surface area contributed by atoms with E-state index in [9.17, 15) is 0 Å². The van der Waals surface area contributed by atoms with Crippen LogP contribution < -0.4 is 42.4 Å². The molecule has 0 N–H and O–H groups in total. The molecule has 1 aliphatic rings. The number of rotatable bonds is 7. The Morgan fingerprint density at radius 1 is 1.00 bits per heavy atom. The average Bonchev–Trinajstić information content (AvgIpc) is 2.81. The minimum atomic E-state index is -0.338. The van der Waals surface area contributed by atoms with Crippen LogP contribution >= 0.6 is 0 Å². The van der Waals surface area contributed by atoms with Crippen LogP contribution in [0.15, 0.2) is 34.5 Å². The van der Waals surface area contributed by atoms with E-state index in [1.54, 1.807) is 16.0 Å². The largest absolute Gasteiger partial charge is 4.00 e. The Hall–Kier alpha value is 0.501. The van der Waals surface area contributed by atoms with Gasteiger partial charge in [0.25, 0.3) is 0 Å². The second-order valence-corrected chi connectivity index (χ2v) is 9.23. The summed E-state index contributed by atoms with van der Waals surface area (Å²) in [6, 6.07) is 7.05. The van der Waals surface area contributed by atoms with Gasteiger partial charge in [0, 0.05) is 0 Å². The van der Waals surface area contributed by atoms with Crippen molar-refractivity contribution in [3.8, 4) is 0 Å². The molecule has 1 aromatic rings. The van der Waals surface area contributed by atoms with Crippen LogP contribution in [0, 0.1) is 25.8 Å². The Labute approximate surface area is 197 Å². The smallest absolute Gasteiger partial charge is 1.00 e. The molecule has 0 saturated heterocycles. The summed E-state index contributed by atoms with van der Waals surface area (Å²) < 4.78 is 0. The third kappa shape index (κ3) is 9.62. The summed E-state index contributed by atoms with van der Waals surface area (Å²) in [5.41, 5.74) is 6.03. The van der Waals surface area contributed by atoms with Crippen molar-refractivity contribution in [2.75, 3.05) is 0 Å². The van der Waals surface area contributed by atoms with Gasteiger partial charge in [0.2, 0.25) is 0 Å². The summed E-state index contributed by atoms with van der Waals surface area (Å²) in [6.07, 6.45) is 10.3. The molecule has 144 valence electrons. The molecule has 0 bridgehead atoms. The van der Waals surface area contributed by atoms with E-state index in [-0.39, 0.29) is 68.5 Å². The maximum atomic E-state index is 3.81. The summed E-state index contributed by atoms with van der Waals surface area (Å²) in [6.45, 7) is 11.4. The van der Waals surface area contributed by atoms with E-state index in [0.717, 1.165) is 0 Å². The minimum absolute atomic E-state index is 0. The molecule has 0 fully saturated rings. The van der Waals surface area contributed by atoms with Crippen molar-refractivity contribution in [2.45, 2.75) is 66.7 Å². The minimum Gasteiger partial charge on any atom is -1.00 e. The summed E-state index contributed by atoms with van der Waals surface area (Å²) in [5, 5.41) is 3.21. The van der Waals surface area contributed by atoms with E-state index >= 15 is 0 Å². The number of unbranched alkanes of at least 4 members (excludes halogenated alkanes) is 2. The van der Waals surface area contributed by atoms with Gasteiger partial charge >= 0.3 is 21.7 Å². The van der Waals surface area contributed by atoms with Gasteiger partial charge in [-0.05, 0) is 13.8 Å². The maximum Gasteiger partial charge on any atom is 4.00 e. The van der Waals surface area contributed by atoms with Crippen LogP contribution in [-0.4, -0.2) is 9.52 Å². The van der Waals surface area contributed by atoms with Crippen molar-refractivity contribution in [3.63, 3.8) is 0 Å². The summed E-state index contributed by atoms with van der Waals surface area (Å²) in [4.78, 5) is 0. The number of allylic oxidation sites excluding steroid dienone is 4. The van der Waals surface area contributed by atoms with Crippen molar-refractivity contribution in [3.05, 3.63) is 51.7 Å². The van der Waals surface area contributed by atoms with Crippen LogP contribution in [0.5, 0.6) is 0 Å². The molecule has 1 aromatic carbocycles. The monoisotopic (exact) mass is 464 g/mol. The molecule has 1 aliphatic carbocycles. The quantitative estimate of drug-likeness (QED) is 0.217. The zero-order valence-electron chi connectivity index (χ0n) is 16.7. The molecule has 0 nitrogen and oxygen atoms in total. The molecule has 0 aliphatic heterocycles. The molecule has 0 amide bonds. The van der Waals surface area contributed by atoms with Crippen molar-refractivity contribution in [1.82, 2.24) is 0 Å². The molecule has 0 heterocycles. The average molecular weight is 466 g/mol. The molecule has 0 aromatic heterocycles. The first-order chi connectivity index (χ1) is 10.5. The van der Waals surface area contributed by atoms with Gasteiger partial charge in [0.1, 0.15) is 0 Å². The van der Waals surface area contributed by atoms with Crippen LogP contribution in [-0.2, 0) is 21.7 Å². The van der Waals surface area contributed by atoms with Gasteiger partial charge in [-0.2, -0.15) is 5.20 Å². The predicted molar refractivity (Wildman–Crippen MR) is 101 cm³/mol. The molecule has 0 spiro atoms. The van der Waals surface area contributed by atoms with Crippen molar-refractivity contribution >= 4 is 14.7 Å². The Morgan fingerprint density at radius 2 is 1.58 bits per heavy atom. The Kier molecular flexibility index (Phi) is 18.5. The third-order valence-corrected chi connectivity index (χ3v) is 6.15. The molecular formula is C21H31Cl3SiTi. The molecule has 0 saturated carbocycles. The Balaban J connectivity index is -0.00000132. The zero-order chi connectivity index (χ0) is 16.1. The summed E-state index contributed by atoms with van der Waals surface area (Å²) >= 11 is 0. The van der Waals surface area contributed by atoms with E-state index in [0.29, 0.717) is 5.92 Å². The van der Waals surface area contributed by atoms with Crippen molar-refractivity contribution in [2.24, 2.45) is 5.92 Å². The van der Waals surface area contributed by atoms with Gasteiger partial charge in [-0.25, -0.2) is 11.1 Å². The molecule has 5 heteroatoms. The fourth-order valence-electron chi connectivity index (χ4n) is 3.56. The third-order valence-electron chi connectivity index (χ3n) is 4.48. The van der Waals surface area contributed by atoms with E-state index in [1.807, 2.05) is 0 Å². The SMILES string of the molecule is CCCCCC1=C(C(C)C)[C-]=C([SiH2]c2cc(C)cc(C)c2)C1.[Cl-].[Cl-].[Cl-].[Ti+4]. The Bertz CT molecular complexity index is 575. The van der Waals surface area contributed by atoms with Gasteiger partial charge < -0.3 is 37.2 Å². The number of hydrogen-bond donors (Lipinski definition) is 0. The first-order valence-corrected chi connectivity index (χ1v) is 10.3. The molecule has 0 unspecified atom stereocenters. The molecule has 0 atom stereocenters. The van der Waals surface area contributed by atoms with Gasteiger partial charge in [-0.15, -0.1) is 0 Å². The first-order valence-electron chi connectivity index (χ1n) is 8.90. The van der Waals surface area contributed by atoms with E-state index in [4.69, 9.17) is 0 Å². The molecular weight excluding hydrogens is 435 g/mol. The fourth-order valence-corrected chi connectivity index (χ4v) is 5.61. The van der Waals surface area contributed by atoms with Crippen LogP contribution in [0.1, 0.15) is 64.0 Å². The topological polar surface area (TPSA) is 0 Å². The van der Waals surface area contributed by atoms with Gasteiger partial charge in [-0.3, -0.25) is 6.08 Å². The summed E-state index contributed by atoms with van der Waals surface area (Å²) in [5.74, 6) is 0.627. The van der Waals surface area contributed by atoms with Gasteiger partial charge in [-0.1, -0.05) is 93.3 Å². The number of hydrogen-bond acceptors (Lipinski definition) is 0. The van der Waals surface area contributed by atoms with E-state index in [1.165, 1.54) is 48.8 Å². The van der Waals surface area contributed by atoms with Crippen molar-refractivity contribution in [1.29, 1.82) is 0 Å². The number of benzene rings is 1. The second kappa shape index (κ2) is 15.4. The number of aryl methyl sites for hydroxylation is 2. The Morgan fingerprint density at radius 3 is 2.08 bits per heavy atom. The van der Waals surface area contributed by atoms with Crippen LogP contribution in [0.3, 0.4) is 0 Å². The second-order valence-electron chi connectivity index (χ2n) is 7.21. The molecule has 26 heavy (non-hydrogen) atoms. The maximum absolute atomic E-state index is 3.81. The standard InChI is InChI=1S/C21H31Si.3ClH.Ti/c1-6-7-8-9-18-13-20(14-21(18)15(2)3)22-19-11-16(4)10-17(5)12-19;;;;/h10-12,15H,6-9,13,22H2,1-5H3;3*1H;/q-1;;;;+4/p-3. The normalized spacial score (nSPS) is 13.1. The van der Waals surface area contributed by atoms with Crippen LogP contribution in [0.2, 0.25) is 0 Å². The van der Waals surface area contributed by atoms with Crippen LogP contribution in [0.25, 0.3) is 0 Å². The van der Waals surface area contributed by atoms with Crippen molar-refractivity contribution < 1.29 is 58.9 Å². The van der Waals surface area contributed by atoms with Gasteiger partial charge in [0.15, 0.2) is 0 Å². The first kappa shape index (κ1) is 31.2. The molecule has 0 radical (unpaired) electrons. The van der Waals surface area contributed by atoms with Crippen LogP contribution in [0.4, 0.5) is 0 Å². The summed E-state index contributed by atoms with van der Waals surface area (Å²) in [7, 11) is -0.338. The fraction of sp³-hybridized carbons (Fsp3) is 0.524. The predicted octanol–water partition coefficient (Wildman–Crippen LogP) is -4.27. The van der Waals surface area contributed by atoms with E-state index < -0.39 is 0 Å². The number of halogens is 3. The molecule has 2 rings (SSSR count).